The molecule has 0 saturated carbocycles. The first kappa shape index (κ1) is 15.5. The highest BCUT2D eigenvalue weighted by Gasteiger charge is 2.07. The number of ether oxygens (including phenoxy) is 2. The molecule has 0 aliphatic heterocycles. The molecule has 0 aromatic heterocycles. The van der Waals surface area contributed by atoms with Crippen LogP contribution in [0.25, 0.3) is 0 Å². The van der Waals surface area contributed by atoms with Crippen molar-refractivity contribution in [1.29, 1.82) is 0 Å². The zero-order valence-electron chi connectivity index (χ0n) is 10.8. The number of nitrogens with one attached hydrogen (secondary N) is 1. The van der Waals surface area contributed by atoms with Crippen LogP contribution in [0.3, 0.4) is 0 Å². The Labute approximate surface area is 116 Å². The molecule has 0 unspecified atom stereocenters. The fraction of sp³-hybridized carbons (Fsp3) is 0.385. The Hall–Kier alpha value is -1.53. The molecule has 5 nitrogen and oxygen atoms in total. The summed E-state index contributed by atoms with van der Waals surface area (Å²) in [7, 11) is 1.55. The fourth-order valence-electron chi connectivity index (χ4n) is 1.19. The molecule has 6 heteroatoms. The third-order valence-corrected chi connectivity index (χ3v) is 3.08. The van der Waals surface area contributed by atoms with Gasteiger partial charge in [0.2, 0.25) is 0 Å². The zero-order chi connectivity index (χ0) is 13.9. The maximum atomic E-state index is 11.4. The molecule has 0 bridgehead atoms. The van der Waals surface area contributed by atoms with E-state index in [4.69, 9.17) is 9.47 Å². The molecule has 1 N–H and O–H groups in total. The average Bonchev–Trinajstić information content (AvgIpc) is 2.44. The molecule has 0 aliphatic rings. The monoisotopic (exact) mass is 283 g/mol. The quantitative estimate of drug-likeness (QED) is 0.439. The van der Waals surface area contributed by atoms with Crippen LogP contribution < -0.4 is 5.32 Å². The van der Waals surface area contributed by atoms with Crippen molar-refractivity contribution in [1.82, 2.24) is 5.32 Å². The Kier molecular flexibility index (Phi) is 7.69. The van der Waals surface area contributed by atoms with Gasteiger partial charge >= 0.3 is 5.97 Å². The van der Waals surface area contributed by atoms with Crippen molar-refractivity contribution in [2.24, 2.45) is 0 Å². The Morgan fingerprint density at radius 3 is 2.68 bits per heavy atom. The van der Waals surface area contributed by atoms with Crippen LogP contribution in [0, 0.1) is 0 Å². The van der Waals surface area contributed by atoms with Crippen molar-refractivity contribution >= 4 is 23.6 Å². The van der Waals surface area contributed by atoms with E-state index in [2.05, 4.69) is 5.32 Å². The minimum Gasteiger partial charge on any atom is -0.455 e. The van der Waals surface area contributed by atoms with Crippen molar-refractivity contribution in [2.75, 3.05) is 32.6 Å². The molecular formula is C13H17NO4S. The lowest BCUT2D eigenvalue weighted by Gasteiger charge is -2.06. The Morgan fingerprint density at radius 1 is 1.26 bits per heavy atom. The minimum atomic E-state index is -0.407. The number of hydrogen-bond acceptors (Lipinski definition) is 5. The standard InChI is InChI=1S/C13H17NO4S/c1-17-8-7-14-12(15)9-18-13(16)10-19-11-5-3-2-4-6-11/h2-6H,7-10H2,1H3,(H,14,15). The van der Waals surface area contributed by atoms with Crippen molar-refractivity contribution in [2.45, 2.75) is 4.90 Å². The molecule has 1 amide bonds. The van der Waals surface area contributed by atoms with Gasteiger partial charge in [0.05, 0.1) is 12.4 Å². The molecule has 0 fully saturated rings. The second-order valence-corrected chi connectivity index (χ2v) is 4.65. The molecule has 104 valence electrons. The molecule has 0 saturated heterocycles. The van der Waals surface area contributed by atoms with E-state index in [0.29, 0.717) is 13.2 Å². The lowest BCUT2D eigenvalue weighted by Crippen LogP contribution is -2.31. The summed E-state index contributed by atoms with van der Waals surface area (Å²) in [4.78, 5) is 23.6. The van der Waals surface area contributed by atoms with E-state index in [9.17, 15) is 9.59 Å². The first-order chi connectivity index (χ1) is 9.22. The molecule has 0 spiro atoms. The number of esters is 1. The molecule has 1 aromatic rings. The van der Waals surface area contributed by atoms with Gasteiger partial charge in [0, 0.05) is 18.6 Å². The van der Waals surface area contributed by atoms with Gasteiger partial charge in [-0.15, -0.1) is 11.8 Å². The minimum absolute atomic E-state index is 0.190. The van der Waals surface area contributed by atoms with Gasteiger partial charge in [-0.05, 0) is 12.1 Å². The number of carbonyl (C=O) groups excluding carboxylic acids is 2. The van der Waals surface area contributed by atoms with Gasteiger partial charge in [-0.3, -0.25) is 9.59 Å². The number of rotatable bonds is 8. The summed E-state index contributed by atoms with van der Waals surface area (Å²) in [5.41, 5.74) is 0. The number of thioether (sulfide) groups is 1. The van der Waals surface area contributed by atoms with Crippen LogP contribution in [0.2, 0.25) is 0 Å². The maximum absolute atomic E-state index is 11.4. The fourth-order valence-corrected chi connectivity index (χ4v) is 1.91. The molecule has 0 heterocycles. The summed E-state index contributed by atoms with van der Waals surface area (Å²) in [6.07, 6.45) is 0. The van der Waals surface area contributed by atoms with E-state index >= 15 is 0 Å². The second-order valence-electron chi connectivity index (χ2n) is 3.61. The van der Waals surface area contributed by atoms with Gasteiger partial charge in [0.1, 0.15) is 0 Å². The van der Waals surface area contributed by atoms with Crippen LogP contribution in [0.5, 0.6) is 0 Å². The predicted molar refractivity (Wildman–Crippen MR) is 73.0 cm³/mol. The van der Waals surface area contributed by atoms with Gasteiger partial charge in [-0.2, -0.15) is 0 Å². The summed E-state index contributed by atoms with van der Waals surface area (Å²) in [5.74, 6) is -0.541. The van der Waals surface area contributed by atoms with Crippen molar-refractivity contribution < 1.29 is 19.1 Å². The van der Waals surface area contributed by atoms with Gasteiger partial charge in [0.25, 0.3) is 5.91 Å². The van der Waals surface area contributed by atoms with E-state index in [1.54, 1.807) is 7.11 Å². The average molecular weight is 283 g/mol. The molecule has 19 heavy (non-hydrogen) atoms. The molecule has 1 aromatic carbocycles. The van der Waals surface area contributed by atoms with Gasteiger partial charge in [0.15, 0.2) is 6.61 Å². The van der Waals surface area contributed by atoms with E-state index < -0.39 is 5.97 Å². The Balaban J connectivity index is 2.12. The molecular weight excluding hydrogens is 266 g/mol. The Morgan fingerprint density at radius 2 is 2.00 bits per heavy atom. The number of amides is 1. The van der Waals surface area contributed by atoms with Crippen LogP contribution >= 0.6 is 11.8 Å². The maximum Gasteiger partial charge on any atom is 0.316 e. The third kappa shape index (κ3) is 7.48. The molecule has 0 radical (unpaired) electrons. The van der Waals surface area contributed by atoms with Crippen LogP contribution in [-0.2, 0) is 19.1 Å². The predicted octanol–water partition coefficient (Wildman–Crippen LogP) is 1.08. The molecule has 1 rings (SSSR count). The Bertz CT molecular complexity index is 397. The van der Waals surface area contributed by atoms with Gasteiger partial charge < -0.3 is 14.8 Å². The van der Waals surface area contributed by atoms with Crippen molar-refractivity contribution in [3.63, 3.8) is 0 Å². The number of benzene rings is 1. The van der Waals surface area contributed by atoms with E-state index in [0.717, 1.165) is 4.90 Å². The van der Waals surface area contributed by atoms with E-state index in [-0.39, 0.29) is 18.3 Å². The number of methoxy groups -OCH3 is 1. The topological polar surface area (TPSA) is 64.6 Å². The summed E-state index contributed by atoms with van der Waals surface area (Å²) in [6, 6.07) is 9.53. The highest BCUT2D eigenvalue weighted by atomic mass is 32.2. The second kappa shape index (κ2) is 9.41. The van der Waals surface area contributed by atoms with E-state index in [1.165, 1.54) is 11.8 Å². The highest BCUT2D eigenvalue weighted by molar-refractivity contribution is 8.00. The molecule has 0 atom stereocenters. The number of carbonyl (C=O) groups is 2. The summed E-state index contributed by atoms with van der Waals surface area (Å²) in [5, 5.41) is 2.56. The normalized spacial score (nSPS) is 9.95. The van der Waals surface area contributed by atoms with Gasteiger partial charge in [-0.1, -0.05) is 18.2 Å². The lowest BCUT2D eigenvalue weighted by molar-refractivity contribution is -0.145. The lowest BCUT2D eigenvalue weighted by atomic mass is 10.4. The first-order valence-corrected chi connectivity index (χ1v) is 6.80. The summed E-state index contributed by atoms with van der Waals surface area (Å²) >= 11 is 1.38. The van der Waals surface area contributed by atoms with Gasteiger partial charge in [-0.25, -0.2) is 0 Å². The van der Waals surface area contributed by atoms with Crippen LogP contribution in [0.4, 0.5) is 0 Å². The van der Waals surface area contributed by atoms with Crippen LogP contribution in [0.15, 0.2) is 35.2 Å². The van der Waals surface area contributed by atoms with Crippen molar-refractivity contribution in [3.05, 3.63) is 30.3 Å². The largest absolute Gasteiger partial charge is 0.455 e. The summed E-state index contributed by atoms with van der Waals surface area (Å²) in [6.45, 7) is 0.590. The molecule has 0 aliphatic carbocycles. The smallest absolute Gasteiger partial charge is 0.316 e. The first-order valence-electron chi connectivity index (χ1n) is 5.81. The van der Waals surface area contributed by atoms with Crippen LogP contribution in [-0.4, -0.2) is 44.5 Å². The highest BCUT2D eigenvalue weighted by Crippen LogP contribution is 2.16. The van der Waals surface area contributed by atoms with Crippen molar-refractivity contribution in [3.8, 4) is 0 Å². The number of hydrogen-bond donors (Lipinski definition) is 1. The van der Waals surface area contributed by atoms with E-state index in [1.807, 2.05) is 30.3 Å². The third-order valence-electron chi connectivity index (χ3n) is 2.09. The summed E-state index contributed by atoms with van der Waals surface area (Å²) < 4.78 is 9.62. The van der Waals surface area contributed by atoms with Crippen LogP contribution in [0.1, 0.15) is 0 Å². The SMILES string of the molecule is COCCNC(=O)COC(=O)CSc1ccccc1. The zero-order valence-corrected chi connectivity index (χ0v) is 11.6.